The van der Waals surface area contributed by atoms with Crippen LogP contribution in [0.2, 0.25) is 0 Å². The average Bonchev–Trinajstić information content (AvgIpc) is 3.56. The first-order valence-corrected chi connectivity index (χ1v) is 17.8. The van der Waals surface area contributed by atoms with Crippen LogP contribution in [0.4, 0.5) is 0 Å². The van der Waals surface area contributed by atoms with Crippen molar-refractivity contribution in [2.24, 2.45) is 9.98 Å². The molecule has 0 N–H and O–H groups in total. The second kappa shape index (κ2) is 13.7. The predicted molar refractivity (Wildman–Crippen MR) is 218 cm³/mol. The Kier molecular flexibility index (Phi) is 8.63. The van der Waals surface area contributed by atoms with Crippen molar-refractivity contribution in [3.05, 3.63) is 174 Å². The van der Waals surface area contributed by atoms with Crippen LogP contribution >= 0.6 is 0 Å². The van der Waals surface area contributed by atoms with Crippen molar-refractivity contribution >= 4 is 50.0 Å². The zero-order valence-electron chi connectivity index (χ0n) is 29.4. The number of para-hydroxylation sites is 1. The molecule has 1 aliphatic rings. The molecule has 0 spiro atoms. The third-order valence-corrected chi connectivity index (χ3v) is 10.0. The van der Waals surface area contributed by atoms with Crippen molar-refractivity contribution in [1.29, 1.82) is 0 Å². The molecular formula is C48H40N2O. The number of aliphatic imine (C=N–C) groups is 2. The first-order chi connectivity index (χ1) is 25.0. The van der Waals surface area contributed by atoms with Gasteiger partial charge in [0, 0.05) is 27.6 Å². The Hall–Kier alpha value is -6.06. The Bertz CT molecular complexity index is 2590. The third kappa shape index (κ3) is 6.17. The number of hydrogen-bond donors (Lipinski definition) is 0. The van der Waals surface area contributed by atoms with Crippen LogP contribution < -0.4 is 0 Å². The van der Waals surface area contributed by atoms with E-state index in [4.69, 9.17) is 14.4 Å². The van der Waals surface area contributed by atoms with Gasteiger partial charge in [-0.25, -0.2) is 9.98 Å². The summed E-state index contributed by atoms with van der Waals surface area (Å²) in [5, 5.41) is 4.63. The maximum Gasteiger partial charge on any atom is 0.159 e. The van der Waals surface area contributed by atoms with Crippen LogP contribution in [0.25, 0.3) is 60.7 Å². The Morgan fingerprint density at radius 2 is 1.53 bits per heavy atom. The van der Waals surface area contributed by atoms with Crippen LogP contribution in [-0.4, -0.2) is 11.5 Å². The molecule has 3 nitrogen and oxygen atoms in total. The number of hydrogen-bond acceptors (Lipinski definition) is 2. The van der Waals surface area contributed by atoms with E-state index in [1.54, 1.807) is 0 Å². The number of furan rings is 1. The van der Waals surface area contributed by atoms with Gasteiger partial charge in [0.25, 0.3) is 0 Å². The molecule has 1 aliphatic carbocycles. The minimum Gasteiger partial charge on any atom is -0.456 e. The molecule has 1 aromatic heterocycles. The molecule has 0 aliphatic heterocycles. The van der Waals surface area contributed by atoms with Crippen LogP contribution in [0.3, 0.4) is 0 Å². The van der Waals surface area contributed by atoms with Crippen LogP contribution in [0.1, 0.15) is 48.9 Å². The molecule has 0 saturated heterocycles. The number of rotatable bonds is 7. The van der Waals surface area contributed by atoms with E-state index in [9.17, 15) is 0 Å². The molecule has 1 heterocycles. The summed E-state index contributed by atoms with van der Waals surface area (Å²) >= 11 is 0. The van der Waals surface area contributed by atoms with E-state index in [2.05, 4.69) is 137 Å². The maximum absolute atomic E-state index is 6.15. The number of amidine groups is 1. The number of nitrogens with zero attached hydrogens (tertiary/aromatic N) is 2. The summed E-state index contributed by atoms with van der Waals surface area (Å²) in [5.74, 6) is 0.660. The molecule has 6 aromatic carbocycles. The molecule has 0 atom stereocenters. The monoisotopic (exact) mass is 660 g/mol. The molecule has 51 heavy (non-hydrogen) atoms. The SMILES string of the molecule is C=C(/N=C(\N=C(/C)c1ccc(-c2ccc3c(-c4ccccc4C)c(CC)ccc3c2)cc1)C1=CCCC=C1)c1cccc2oc3ccccc3c12. The molecule has 8 rings (SSSR count). The topological polar surface area (TPSA) is 37.9 Å². The minimum absolute atomic E-state index is 0.655. The third-order valence-electron chi connectivity index (χ3n) is 10.0. The van der Waals surface area contributed by atoms with E-state index in [1.165, 1.54) is 44.2 Å². The summed E-state index contributed by atoms with van der Waals surface area (Å²) in [6.45, 7) is 10.9. The highest BCUT2D eigenvalue weighted by atomic mass is 16.3. The van der Waals surface area contributed by atoms with Gasteiger partial charge in [-0.3, -0.25) is 0 Å². The van der Waals surface area contributed by atoms with Gasteiger partial charge < -0.3 is 4.42 Å². The average molecular weight is 661 g/mol. The van der Waals surface area contributed by atoms with E-state index in [-0.39, 0.29) is 0 Å². The highest BCUT2D eigenvalue weighted by Gasteiger charge is 2.16. The molecule has 0 saturated carbocycles. The molecular weight excluding hydrogens is 621 g/mol. The summed E-state index contributed by atoms with van der Waals surface area (Å²) in [5.41, 5.74) is 13.9. The summed E-state index contributed by atoms with van der Waals surface area (Å²) < 4.78 is 6.15. The number of benzene rings is 6. The van der Waals surface area contributed by atoms with Crippen LogP contribution in [0.15, 0.2) is 166 Å². The van der Waals surface area contributed by atoms with Crippen molar-refractivity contribution in [3.63, 3.8) is 0 Å². The molecule has 0 fully saturated rings. The van der Waals surface area contributed by atoms with Gasteiger partial charge in [0.2, 0.25) is 0 Å². The van der Waals surface area contributed by atoms with Crippen LogP contribution in [-0.2, 0) is 6.42 Å². The molecule has 7 aromatic rings. The van der Waals surface area contributed by atoms with Crippen molar-refractivity contribution in [1.82, 2.24) is 0 Å². The van der Waals surface area contributed by atoms with Crippen molar-refractivity contribution in [2.45, 2.75) is 40.0 Å². The normalized spacial score (nSPS) is 13.7. The first-order valence-electron chi connectivity index (χ1n) is 17.8. The lowest BCUT2D eigenvalue weighted by Gasteiger charge is -2.15. The number of allylic oxidation sites excluding steroid dienone is 2. The van der Waals surface area contributed by atoms with E-state index < -0.39 is 0 Å². The zero-order chi connectivity index (χ0) is 34.9. The fourth-order valence-electron chi connectivity index (χ4n) is 7.28. The van der Waals surface area contributed by atoms with Gasteiger partial charge in [-0.2, -0.15) is 0 Å². The predicted octanol–water partition coefficient (Wildman–Crippen LogP) is 13.1. The lowest BCUT2D eigenvalue weighted by molar-refractivity contribution is 0.669. The van der Waals surface area contributed by atoms with E-state index in [1.807, 2.05) is 30.3 Å². The number of fused-ring (bicyclic) bond motifs is 4. The number of aryl methyl sites for hydroxylation is 2. The lowest BCUT2D eigenvalue weighted by Crippen LogP contribution is -2.06. The zero-order valence-corrected chi connectivity index (χ0v) is 29.4. The Balaban J connectivity index is 1.13. The van der Waals surface area contributed by atoms with E-state index in [0.29, 0.717) is 11.5 Å². The molecule has 248 valence electrons. The maximum atomic E-state index is 6.15. The summed E-state index contributed by atoms with van der Waals surface area (Å²) in [4.78, 5) is 10.2. The molecule has 3 heteroatoms. The first kappa shape index (κ1) is 32.2. The standard InChI is InChI=1S/C48H40N2O/c1-5-34-22-27-39-30-38(28-29-42(39)46(34)40-17-10-9-14-31(40)2)36-25-23-35(24-26-36)32(3)49-48(37-15-7-6-8-16-37)50-33(4)41-19-13-21-45-47(41)43-18-11-12-20-44(43)51-45/h7,9-30H,4-6,8H2,1-3H3/b49-32+,50-48-. The van der Waals surface area contributed by atoms with Crippen LogP contribution in [0.5, 0.6) is 0 Å². The van der Waals surface area contributed by atoms with E-state index >= 15 is 0 Å². The highest BCUT2D eigenvalue weighted by molar-refractivity contribution is 6.15. The Labute approximate surface area is 299 Å². The minimum atomic E-state index is 0.655. The fourth-order valence-corrected chi connectivity index (χ4v) is 7.28. The van der Waals surface area contributed by atoms with Gasteiger partial charge >= 0.3 is 0 Å². The summed E-state index contributed by atoms with van der Waals surface area (Å²) in [7, 11) is 0. The highest BCUT2D eigenvalue weighted by Crippen LogP contribution is 2.37. The van der Waals surface area contributed by atoms with Gasteiger partial charge in [-0.1, -0.05) is 135 Å². The van der Waals surface area contributed by atoms with Gasteiger partial charge in [0.05, 0.1) is 5.70 Å². The molecule has 0 bridgehead atoms. The molecule has 0 radical (unpaired) electrons. The van der Waals surface area contributed by atoms with E-state index in [0.717, 1.165) is 63.6 Å². The van der Waals surface area contributed by atoms with Gasteiger partial charge in [0.1, 0.15) is 11.2 Å². The van der Waals surface area contributed by atoms with Crippen molar-refractivity contribution < 1.29 is 4.42 Å². The Morgan fingerprint density at radius 3 is 2.33 bits per heavy atom. The fraction of sp³-hybridized carbons (Fsp3) is 0.125. The second-order valence-electron chi connectivity index (χ2n) is 13.3. The largest absolute Gasteiger partial charge is 0.456 e. The van der Waals surface area contributed by atoms with Gasteiger partial charge in [-0.05, 0) is 101 Å². The van der Waals surface area contributed by atoms with Gasteiger partial charge in [0.15, 0.2) is 5.84 Å². The molecule has 0 unspecified atom stereocenters. The Morgan fingerprint density at radius 1 is 0.745 bits per heavy atom. The lowest BCUT2D eigenvalue weighted by atomic mass is 9.89. The van der Waals surface area contributed by atoms with Crippen molar-refractivity contribution in [2.75, 3.05) is 0 Å². The summed E-state index contributed by atoms with van der Waals surface area (Å²) in [6.07, 6.45) is 9.50. The molecule has 0 amide bonds. The van der Waals surface area contributed by atoms with Crippen molar-refractivity contribution in [3.8, 4) is 22.3 Å². The summed E-state index contributed by atoms with van der Waals surface area (Å²) in [6, 6.07) is 43.0. The van der Waals surface area contributed by atoms with Gasteiger partial charge in [-0.15, -0.1) is 0 Å². The second-order valence-corrected chi connectivity index (χ2v) is 13.3. The quantitative estimate of drug-likeness (QED) is 0.124. The smallest absolute Gasteiger partial charge is 0.159 e. The van der Waals surface area contributed by atoms with Crippen LogP contribution in [0, 0.1) is 6.92 Å².